The SMILES string of the molecule is CCCO[C@@](C)(CC(C)C)C(=O)Nc1ccc(OCC)c2ncccc12. The van der Waals surface area contributed by atoms with Crippen molar-refractivity contribution in [1.29, 1.82) is 0 Å². The van der Waals surface area contributed by atoms with Crippen LogP contribution in [-0.4, -0.2) is 29.7 Å². The van der Waals surface area contributed by atoms with Crippen molar-refractivity contribution in [3.63, 3.8) is 0 Å². The molecule has 0 saturated heterocycles. The van der Waals surface area contributed by atoms with Gasteiger partial charge in [0.1, 0.15) is 16.9 Å². The first-order valence-electron chi connectivity index (χ1n) is 9.37. The molecule has 0 saturated carbocycles. The zero-order valence-corrected chi connectivity index (χ0v) is 16.5. The monoisotopic (exact) mass is 358 g/mol. The van der Waals surface area contributed by atoms with Gasteiger partial charge in [0, 0.05) is 18.2 Å². The number of nitrogens with zero attached hydrogens (tertiary/aromatic N) is 1. The largest absolute Gasteiger partial charge is 0.492 e. The Balaban J connectivity index is 2.33. The highest BCUT2D eigenvalue weighted by atomic mass is 16.5. The third-order valence-corrected chi connectivity index (χ3v) is 4.18. The maximum Gasteiger partial charge on any atom is 0.256 e. The molecule has 2 aromatic rings. The summed E-state index contributed by atoms with van der Waals surface area (Å²) in [6.45, 7) is 11.2. The fourth-order valence-corrected chi connectivity index (χ4v) is 3.11. The second-order valence-electron chi connectivity index (χ2n) is 7.08. The van der Waals surface area contributed by atoms with Gasteiger partial charge < -0.3 is 14.8 Å². The molecule has 1 atom stereocenters. The standard InChI is InChI=1S/C21H30N2O3/c1-6-13-26-21(5,14-15(3)4)20(24)23-17-10-11-18(25-7-2)19-16(17)9-8-12-22-19/h8-12,15H,6-7,13-14H2,1-5H3,(H,23,24)/t21-/m0/s1. The first-order chi connectivity index (χ1) is 12.4. The van der Waals surface area contributed by atoms with Crippen LogP contribution < -0.4 is 10.1 Å². The van der Waals surface area contributed by atoms with E-state index in [1.165, 1.54) is 0 Å². The van der Waals surface area contributed by atoms with Gasteiger partial charge >= 0.3 is 0 Å². The molecule has 5 nitrogen and oxygen atoms in total. The van der Waals surface area contributed by atoms with Crippen LogP contribution in [0.2, 0.25) is 0 Å². The number of ether oxygens (including phenoxy) is 2. The Morgan fingerprint density at radius 1 is 1.27 bits per heavy atom. The van der Waals surface area contributed by atoms with Crippen LogP contribution in [0.4, 0.5) is 5.69 Å². The Bertz CT molecular complexity index is 745. The number of rotatable bonds is 9. The van der Waals surface area contributed by atoms with Crippen molar-refractivity contribution in [3.8, 4) is 5.75 Å². The van der Waals surface area contributed by atoms with Crippen LogP contribution in [0.25, 0.3) is 10.9 Å². The van der Waals surface area contributed by atoms with Crippen LogP contribution in [0.1, 0.15) is 47.5 Å². The summed E-state index contributed by atoms with van der Waals surface area (Å²) < 4.78 is 11.6. The van der Waals surface area contributed by atoms with E-state index in [4.69, 9.17) is 9.47 Å². The summed E-state index contributed by atoms with van der Waals surface area (Å²) in [4.78, 5) is 17.5. The fraction of sp³-hybridized carbons (Fsp3) is 0.524. The first-order valence-corrected chi connectivity index (χ1v) is 9.37. The Morgan fingerprint density at radius 3 is 2.69 bits per heavy atom. The van der Waals surface area contributed by atoms with Crippen molar-refractivity contribution in [1.82, 2.24) is 4.98 Å². The summed E-state index contributed by atoms with van der Waals surface area (Å²) in [5.41, 5.74) is 0.598. The van der Waals surface area contributed by atoms with Gasteiger partial charge in [0.15, 0.2) is 0 Å². The van der Waals surface area contributed by atoms with E-state index in [2.05, 4.69) is 24.1 Å². The molecule has 0 aliphatic heterocycles. The number of anilines is 1. The van der Waals surface area contributed by atoms with Crippen molar-refractivity contribution >= 4 is 22.5 Å². The first kappa shape index (κ1) is 20.2. The molecule has 2 rings (SSSR count). The molecule has 142 valence electrons. The van der Waals surface area contributed by atoms with Crippen molar-refractivity contribution < 1.29 is 14.3 Å². The van der Waals surface area contributed by atoms with Crippen LogP contribution in [0, 0.1) is 5.92 Å². The van der Waals surface area contributed by atoms with Gasteiger partial charge in [-0.1, -0.05) is 20.8 Å². The number of carbonyl (C=O) groups excluding carboxylic acids is 1. The Morgan fingerprint density at radius 2 is 2.04 bits per heavy atom. The van der Waals surface area contributed by atoms with Gasteiger partial charge in [-0.25, -0.2) is 0 Å². The van der Waals surface area contributed by atoms with E-state index in [1.807, 2.05) is 45.0 Å². The van der Waals surface area contributed by atoms with Gasteiger partial charge in [0.05, 0.1) is 12.3 Å². The number of nitrogens with one attached hydrogen (secondary N) is 1. The molecule has 0 unspecified atom stereocenters. The van der Waals surface area contributed by atoms with Crippen molar-refractivity contribution in [2.24, 2.45) is 5.92 Å². The summed E-state index contributed by atoms with van der Waals surface area (Å²) in [6, 6.07) is 7.51. The van der Waals surface area contributed by atoms with E-state index < -0.39 is 5.60 Å². The topological polar surface area (TPSA) is 60.5 Å². The van der Waals surface area contributed by atoms with Gasteiger partial charge in [0.25, 0.3) is 5.91 Å². The lowest BCUT2D eigenvalue weighted by atomic mass is 9.92. The molecule has 5 heteroatoms. The number of hydrogen-bond acceptors (Lipinski definition) is 4. The molecule has 1 aromatic carbocycles. The third-order valence-electron chi connectivity index (χ3n) is 4.18. The summed E-state index contributed by atoms with van der Waals surface area (Å²) >= 11 is 0. The molecule has 0 aliphatic carbocycles. The summed E-state index contributed by atoms with van der Waals surface area (Å²) in [7, 11) is 0. The quantitative estimate of drug-likeness (QED) is 0.699. The lowest BCUT2D eigenvalue weighted by Crippen LogP contribution is -2.44. The Labute approximate surface area is 156 Å². The predicted octanol–water partition coefficient (Wildman–Crippen LogP) is 4.80. The molecule has 0 fully saturated rings. The second kappa shape index (κ2) is 8.99. The molecule has 1 amide bonds. The molecule has 0 bridgehead atoms. The molecule has 1 aromatic heterocycles. The highest BCUT2D eigenvalue weighted by Gasteiger charge is 2.35. The zero-order valence-electron chi connectivity index (χ0n) is 16.5. The minimum absolute atomic E-state index is 0.131. The summed E-state index contributed by atoms with van der Waals surface area (Å²) in [6.07, 6.45) is 3.26. The van der Waals surface area contributed by atoms with E-state index in [0.717, 1.165) is 23.0 Å². The number of amides is 1. The number of fused-ring (bicyclic) bond motifs is 1. The molecule has 1 N–H and O–H groups in total. The van der Waals surface area contributed by atoms with Gasteiger partial charge in [-0.3, -0.25) is 9.78 Å². The maximum atomic E-state index is 13.0. The average Bonchev–Trinajstić information content (AvgIpc) is 2.61. The van der Waals surface area contributed by atoms with E-state index in [0.29, 0.717) is 31.3 Å². The Hall–Kier alpha value is -2.14. The third kappa shape index (κ3) is 4.73. The minimum atomic E-state index is -0.864. The van der Waals surface area contributed by atoms with Crippen LogP contribution in [0.3, 0.4) is 0 Å². The van der Waals surface area contributed by atoms with Crippen molar-refractivity contribution in [3.05, 3.63) is 30.5 Å². The fourth-order valence-electron chi connectivity index (χ4n) is 3.11. The molecule has 0 radical (unpaired) electrons. The van der Waals surface area contributed by atoms with E-state index in [1.54, 1.807) is 6.20 Å². The lowest BCUT2D eigenvalue weighted by Gasteiger charge is -2.30. The second-order valence-corrected chi connectivity index (χ2v) is 7.08. The molecule has 1 heterocycles. The van der Waals surface area contributed by atoms with Crippen molar-refractivity contribution in [2.75, 3.05) is 18.5 Å². The zero-order chi connectivity index (χ0) is 19.2. The number of pyridine rings is 1. The van der Waals surface area contributed by atoms with Crippen LogP contribution in [-0.2, 0) is 9.53 Å². The van der Waals surface area contributed by atoms with Crippen LogP contribution in [0.15, 0.2) is 30.5 Å². The molecule has 0 aliphatic rings. The smallest absolute Gasteiger partial charge is 0.256 e. The summed E-state index contributed by atoms with van der Waals surface area (Å²) in [5.74, 6) is 0.934. The van der Waals surface area contributed by atoms with Gasteiger partial charge in [-0.2, -0.15) is 0 Å². The highest BCUT2D eigenvalue weighted by Crippen LogP contribution is 2.31. The number of carbonyl (C=O) groups is 1. The van der Waals surface area contributed by atoms with Gasteiger partial charge in [0.2, 0.25) is 0 Å². The van der Waals surface area contributed by atoms with E-state index in [9.17, 15) is 4.79 Å². The molecule has 26 heavy (non-hydrogen) atoms. The molecule has 0 spiro atoms. The summed E-state index contributed by atoms with van der Waals surface area (Å²) in [5, 5.41) is 3.91. The van der Waals surface area contributed by atoms with E-state index in [-0.39, 0.29) is 5.91 Å². The normalized spacial score (nSPS) is 13.6. The highest BCUT2D eigenvalue weighted by molar-refractivity contribution is 6.05. The number of aromatic nitrogens is 1. The van der Waals surface area contributed by atoms with Crippen LogP contribution >= 0.6 is 0 Å². The lowest BCUT2D eigenvalue weighted by molar-refractivity contribution is -0.141. The number of hydrogen-bond donors (Lipinski definition) is 1. The molecular formula is C21H30N2O3. The predicted molar refractivity (Wildman–Crippen MR) is 106 cm³/mol. The van der Waals surface area contributed by atoms with Gasteiger partial charge in [-0.05, 0) is 56.9 Å². The Kier molecular flexibility index (Phi) is 6.98. The average molecular weight is 358 g/mol. The van der Waals surface area contributed by atoms with Crippen molar-refractivity contribution in [2.45, 2.75) is 53.1 Å². The maximum absolute atomic E-state index is 13.0. The van der Waals surface area contributed by atoms with Crippen LogP contribution in [0.5, 0.6) is 5.75 Å². The number of benzene rings is 1. The van der Waals surface area contributed by atoms with E-state index >= 15 is 0 Å². The van der Waals surface area contributed by atoms with Gasteiger partial charge in [-0.15, -0.1) is 0 Å². The minimum Gasteiger partial charge on any atom is -0.492 e. The molecular weight excluding hydrogens is 328 g/mol.